The predicted molar refractivity (Wildman–Crippen MR) is 112 cm³/mol. The molecule has 0 aromatic heterocycles. The molecule has 1 aliphatic heterocycles. The van der Waals surface area contributed by atoms with E-state index in [4.69, 9.17) is 11.6 Å². The number of nitrogens with zero attached hydrogens (tertiary/aromatic N) is 1. The topological polar surface area (TPSA) is 61.4 Å². The van der Waals surface area contributed by atoms with Gasteiger partial charge in [0.05, 0.1) is 5.56 Å². The average molecular weight is 398 g/mol. The smallest absolute Gasteiger partial charge is 0.253 e. The van der Waals surface area contributed by atoms with Gasteiger partial charge in [-0.3, -0.25) is 9.59 Å². The van der Waals surface area contributed by atoms with Gasteiger partial charge in [0.2, 0.25) is 5.91 Å². The van der Waals surface area contributed by atoms with Crippen molar-refractivity contribution in [2.75, 3.05) is 23.3 Å². The Balaban J connectivity index is 1.55. The van der Waals surface area contributed by atoms with Crippen LogP contribution >= 0.6 is 11.6 Å². The molecule has 5 nitrogen and oxygen atoms in total. The number of anilines is 2. The first-order valence-corrected chi connectivity index (χ1v) is 10.3. The maximum atomic E-state index is 12.8. The van der Waals surface area contributed by atoms with Gasteiger partial charge in [0, 0.05) is 30.5 Å². The zero-order valence-electron chi connectivity index (χ0n) is 15.7. The lowest BCUT2D eigenvalue weighted by Crippen LogP contribution is -2.29. The fourth-order valence-corrected chi connectivity index (χ4v) is 3.70. The van der Waals surface area contributed by atoms with E-state index in [1.165, 1.54) is 0 Å². The normalized spacial score (nSPS) is 17.2. The summed E-state index contributed by atoms with van der Waals surface area (Å²) >= 11 is 6.32. The second-order valence-corrected chi connectivity index (χ2v) is 7.87. The number of nitrogens with one attached hydrogen (secondary N) is 2. The molecule has 2 N–H and O–H groups in total. The minimum atomic E-state index is -0.789. The fourth-order valence-electron chi connectivity index (χ4n) is 3.50. The Morgan fingerprint density at radius 3 is 2.43 bits per heavy atom. The Morgan fingerprint density at radius 1 is 1.04 bits per heavy atom. The molecule has 1 aliphatic carbocycles. The molecule has 4 rings (SSSR count). The van der Waals surface area contributed by atoms with Crippen molar-refractivity contribution in [2.24, 2.45) is 0 Å². The van der Waals surface area contributed by atoms with Gasteiger partial charge in [-0.2, -0.15) is 0 Å². The predicted octanol–water partition coefficient (Wildman–Crippen LogP) is 4.10. The van der Waals surface area contributed by atoms with Gasteiger partial charge in [0.25, 0.3) is 5.91 Å². The lowest BCUT2D eigenvalue weighted by atomic mass is 10.1. The van der Waals surface area contributed by atoms with E-state index in [0.29, 0.717) is 11.3 Å². The van der Waals surface area contributed by atoms with Gasteiger partial charge in [0.15, 0.2) is 0 Å². The molecule has 0 radical (unpaired) electrons. The SMILES string of the molecule is O=C(NC1CC1)c1cc(NC(=O)[C@H](Cl)c2ccccc2)ccc1N1CCCC1. The zero-order chi connectivity index (χ0) is 19.5. The van der Waals surface area contributed by atoms with Crippen LogP contribution in [0.15, 0.2) is 48.5 Å². The molecule has 0 bridgehead atoms. The van der Waals surface area contributed by atoms with Gasteiger partial charge in [-0.15, -0.1) is 11.6 Å². The highest BCUT2D eigenvalue weighted by atomic mass is 35.5. The molecule has 0 spiro atoms. The summed E-state index contributed by atoms with van der Waals surface area (Å²) in [5, 5.41) is 5.12. The number of carbonyl (C=O) groups excluding carboxylic acids is 2. The average Bonchev–Trinajstić information content (AvgIpc) is 3.36. The molecule has 2 amide bonds. The Labute approximate surface area is 170 Å². The van der Waals surface area contributed by atoms with E-state index in [1.807, 2.05) is 42.5 Å². The van der Waals surface area contributed by atoms with Crippen molar-refractivity contribution in [3.8, 4) is 0 Å². The van der Waals surface area contributed by atoms with Gasteiger partial charge in [-0.05, 0) is 49.4 Å². The van der Waals surface area contributed by atoms with Gasteiger partial charge in [-0.1, -0.05) is 30.3 Å². The highest BCUT2D eigenvalue weighted by Crippen LogP contribution is 2.30. The van der Waals surface area contributed by atoms with Crippen molar-refractivity contribution >= 4 is 34.8 Å². The Hall–Kier alpha value is -2.53. The number of carbonyl (C=O) groups is 2. The molecule has 1 heterocycles. The van der Waals surface area contributed by atoms with Crippen LogP contribution in [0.25, 0.3) is 0 Å². The van der Waals surface area contributed by atoms with Crippen LogP contribution in [0.4, 0.5) is 11.4 Å². The third kappa shape index (κ3) is 4.30. The maximum Gasteiger partial charge on any atom is 0.253 e. The highest BCUT2D eigenvalue weighted by Gasteiger charge is 2.27. The van der Waals surface area contributed by atoms with E-state index in [-0.39, 0.29) is 17.9 Å². The number of halogens is 1. The molecule has 146 valence electrons. The summed E-state index contributed by atoms with van der Waals surface area (Å²) in [7, 11) is 0. The number of rotatable bonds is 6. The molecule has 28 heavy (non-hydrogen) atoms. The Bertz CT molecular complexity index is 861. The maximum absolute atomic E-state index is 12.8. The van der Waals surface area contributed by atoms with E-state index < -0.39 is 5.38 Å². The minimum absolute atomic E-state index is 0.0778. The molecule has 1 saturated heterocycles. The van der Waals surface area contributed by atoms with Crippen LogP contribution in [-0.2, 0) is 4.79 Å². The number of alkyl halides is 1. The van der Waals surface area contributed by atoms with E-state index >= 15 is 0 Å². The van der Waals surface area contributed by atoms with Gasteiger partial charge < -0.3 is 15.5 Å². The summed E-state index contributed by atoms with van der Waals surface area (Å²) in [5.74, 6) is -0.388. The van der Waals surface area contributed by atoms with Crippen molar-refractivity contribution in [3.63, 3.8) is 0 Å². The van der Waals surface area contributed by atoms with Crippen molar-refractivity contribution in [2.45, 2.75) is 37.1 Å². The zero-order valence-corrected chi connectivity index (χ0v) is 16.4. The Kier molecular flexibility index (Phi) is 5.53. The molecular formula is C22H24ClN3O2. The highest BCUT2D eigenvalue weighted by molar-refractivity contribution is 6.32. The monoisotopic (exact) mass is 397 g/mol. The van der Waals surface area contributed by atoms with Crippen molar-refractivity contribution in [3.05, 3.63) is 59.7 Å². The second kappa shape index (κ2) is 8.23. The number of hydrogen-bond acceptors (Lipinski definition) is 3. The van der Waals surface area contributed by atoms with Crippen molar-refractivity contribution < 1.29 is 9.59 Å². The van der Waals surface area contributed by atoms with Crippen LogP contribution in [-0.4, -0.2) is 30.9 Å². The molecule has 1 atom stereocenters. The summed E-state index contributed by atoms with van der Waals surface area (Å²) in [6, 6.07) is 15.0. The molecule has 1 saturated carbocycles. The van der Waals surface area contributed by atoms with Crippen LogP contribution in [0.3, 0.4) is 0 Å². The number of hydrogen-bond donors (Lipinski definition) is 2. The molecule has 2 aromatic rings. The Morgan fingerprint density at radius 2 is 1.75 bits per heavy atom. The van der Waals surface area contributed by atoms with Crippen molar-refractivity contribution in [1.82, 2.24) is 5.32 Å². The second-order valence-electron chi connectivity index (χ2n) is 7.44. The van der Waals surface area contributed by atoms with Gasteiger partial charge >= 0.3 is 0 Å². The van der Waals surface area contributed by atoms with Crippen molar-refractivity contribution in [1.29, 1.82) is 0 Å². The summed E-state index contributed by atoms with van der Waals surface area (Å²) < 4.78 is 0. The number of amides is 2. The lowest BCUT2D eigenvalue weighted by molar-refractivity contribution is -0.116. The third-order valence-corrected chi connectivity index (χ3v) is 5.64. The number of benzene rings is 2. The summed E-state index contributed by atoms with van der Waals surface area (Å²) in [4.78, 5) is 27.6. The first kappa shape index (κ1) is 18.8. The largest absolute Gasteiger partial charge is 0.371 e. The third-order valence-electron chi connectivity index (χ3n) is 5.19. The molecule has 0 unspecified atom stereocenters. The fraction of sp³-hybridized carbons (Fsp3) is 0.364. The van der Waals surface area contributed by atoms with Crippen LogP contribution in [0.5, 0.6) is 0 Å². The van der Waals surface area contributed by atoms with Crippen LogP contribution in [0.1, 0.15) is 47.0 Å². The standard InChI is InChI=1S/C22H24ClN3O2/c23-20(15-6-2-1-3-7-15)22(28)25-17-10-11-19(26-12-4-5-13-26)18(14-17)21(27)24-16-8-9-16/h1-3,6-7,10-11,14,16,20H,4-5,8-9,12-13H2,(H,24,27)(H,25,28)/t20-/m1/s1. The van der Waals surface area contributed by atoms with Crippen LogP contribution in [0, 0.1) is 0 Å². The molecule has 2 fully saturated rings. The van der Waals surface area contributed by atoms with Crippen LogP contribution < -0.4 is 15.5 Å². The molecule has 6 heteroatoms. The van der Waals surface area contributed by atoms with Gasteiger partial charge in [0.1, 0.15) is 5.38 Å². The molecule has 2 aliphatic rings. The lowest BCUT2D eigenvalue weighted by Gasteiger charge is -2.22. The summed E-state index contributed by atoms with van der Waals surface area (Å²) in [6.45, 7) is 1.90. The first-order chi connectivity index (χ1) is 13.6. The quantitative estimate of drug-likeness (QED) is 0.721. The van der Waals surface area contributed by atoms with E-state index in [0.717, 1.165) is 50.0 Å². The van der Waals surface area contributed by atoms with Crippen LogP contribution in [0.2, 0.25) is 0 Å². The molecule has 2 aromatic carbocycles. The van der Waals surface area contributed by atoms with Gasteiger partial charge in [-0.25, -0.2) is 0 Å². The minimum Gasteiger partial charge on any atom is -0.371 e. The van der Waals surface area contributed by atoms with E-state index in [9.17, 15) is 9.59 Å². The summed E-state index contributed by atoms with van der Waals surface area (Å²) in [6.07, 6.45) is 4.33. The first-order valence-electron chi connectivity index (χ1n) is 9.81. The van der Waals surface area contributed by atoms with E-state index in [1.54, 1.807) is 6.07 Å². The van der Waals surface area contributed by atoms with E-state index in [2.05, 4.69) is 15.5 Å². The molecular weight excluding hydrogens is 374 g/mol. The summed E-state index contributed by atoms with van der Waals surface area (Å²) in [5.41, 5.74) is 2.86.